The van der Waals surface area contributed by atoms with Gasteiger partial charge in [-0.1, -0.05) is 48.4 Å². The number of aliphatic imine (C=N–C) groups is 1. The first kappa shape index (κ1) is 17.2. The van der Waals surface area contributed by atoms with Crippen LogP contribution in [0.15, 0.2) is 53.5 Å². The highest BCUT2D eigenvalue weighted by Gasteiger charge is 2.49. The third kappa shape index (κ3) is 2.87. The summed E-state index contributed by atoms with van der Waals surface area (Å²) in [6, 6.07) is 16.8. The molecule has 5 rings (SSSR count). The van der Waals surface area contributed by atoms with Crippen LogP contribution in [0.4, 0.5) is 5.69 Å². The van der Waals surface area contributed by atoms with E-state index in [2.05, 4.69) is 57.6 Å². The Morgan fingerprint density at radius 1 is 1.00 bits per heavy atom. The van der Waals surface area contributed by atoms with Gasteiger partial charge in [0, 0.05) is 23.7 Å². The van der Waals surface area contributed by atoms with E-state index in [1.807, 2.05) is 6.07 Å². The summed E-state index contributed by atoms with van der Waals surface area (Å²) in [6.07, 6.45) is 3.94. The Bertz CT molecular complexity index is 860. The Morgan fingerprint density at radius 3 is 2.63 bits per heavy atom. The number of rotatable bonds is 3. The Kier molecular flexibility index (Phi) is 4.43. The molecule has 0 radical (unpaired) electrons. The summed E-state index contributed by atoms with van der Waals surface area (Å²) in [5.74, 6) is 1.17. The number of amidine groups is 1. The molecule has 27 heavy (non-hydrogen) atoms. The molecule has 4 nitrogen and oxygen atoms in total. The maximum Gasteiger partial charge on any atom is 0.147 e. The van der Waals surface area contributed by atoms with Crippen molar-refractivity contribution >= 4 is 23.1 Å². The molecule has 0 amide bonds. The van der Waals surface area contributed by atoms with Gasteiger partial charge in [0.2, 0.25) is 0 Å². The van der Waals surface area contributed by atoms with Crippen LogP contribution in [-0.2, 0) is 5.66 Å². The van der Waals surface area contributed by atoms with Crippen molar-refractivity contribution in [2.45, 2.75) is 24.9 Å². The molecule has 140 valence electrons. The van der Waals surface area contributed by atoms with Gasteiger partial charge in [-0.05, 0) is 49.7 Å². The first-order valence-corrected chi connectivity index (χ1v) is 10.3. The summed E-state index contributed by atoms with van der Waals surface area (Å²) < 4.78 is 0. The highest BCUT2D eigenvalue weighted by Crippen LogP contribution is 2.45. The zero-order valence-corrected chi connectivity index (χ0v) is 16.3. The van der Waals surface area contributed by atoms with Crippen molar-refractivity contribution in [1.29, 1.82) is 0 Å². The van der Waals surface area contributed by atoms with Crippen molar-refractivity contribution in [2.75, 3.05) is 32.7 Å². The van der Waals surface area contributed by atoms with Gasteiger partial charge in [-0.2, -0.15) is 0 Å². The fraction of sp³-hybridized carbons (Fsp3) is 0.409. The largest absolute Gasteiger partial charge is 0.331 e. The zero-order valence-electron chi connectivity index (χ0n) is 15.5. The lowest BCUT2D eigenvalue weighted by atomic mass is 9.87. The lowest BCUT2D eigenvalue weighted by Gasteiger charge is -2.45. The Hall–Kier alpha value is -1.88. The Labute approximate surface area is 165 Å². The molecule has 1 atom stereocenters. The van der Waals surface area contributed by atoms with Crippen molar-refractivity contribution in [3.8, 4) is 0 Å². The summed E-state index contributed by atoms with van der Waals surface area (Å²) in [4.78, 5) is 10.1. The third-order valence-electron chi connectivity index (χ3n) is 6.04. The predicted octanol–water partition coefficient (Wildman–Crippen LogP) is 3.98. The fourth-order valence-corrected chi connectivity index (χ4v) is 4.97. The summed E-state index contributed by atoms with van der Waals surface area (Å²) in [7, 11) is 0. The number of hydrogen-bond acceptors (Lipinski definition) is 4. The van der Waals surface area contributed by atoms with Crippen LogP contribution >= 0.6 is 11.6 Å². The minimum atomic E-state index is -0.381. The van der Waals surface area contributed by atoms with Crippen LogP contribution in [0.3, 0.4) is 0 Å². The molecular formula is C22H25ClN4. The smallest absolute Gasteiger partial charge is 0.147 e. The van der Waals surface area contributed by atoms with E-state index in [0.29, 0.717) is 0 Å². The van der Waals surface area contributed by atoms with Crippen LogP contribution in [0.1, 0.15) is 30.4 Å². The number of piperidine rings is 1. The molecule has 1 unspecified atom stereocenters. The zero-order chi connectivity index (χ0) is 18.3. The molecule has 2 aromatic carbocycles. The van der Waals surface area contributed by atoms with Crippen molar-refractivity contribution < 1.29 is 0 Å². The third-order valence-corrected chi connectivity index (χ3v) is 6.27. The molecule has 2 saturated heterocycles. The lowest BCUT2D eigenvalue weighted by molar-refractivity contribution is 0.218. The molecular weight excluding hydrogens is 356 g/mol. The minimum Gasteiger partial charge on any atom is -0.331 e. The lowest BCUT2D eigenvalue weighted by Crippen LogP contribution is -2.56. The van der Waals surface area contributed by atoms with Gasteiger partial charge in [-0.25, -0.2) is 4.99 Å². The molecule has 0 saturated carbocycles. The molecule has 0 aliphatic carbocycles. The summed E-state index contributed by atoms with van der Waals surface area (Å²) in [6.45, 7) is 5.14. The Morgan fingerprint density at radius 2 is 1.81 bits per heavy atom. The highest BCUT2D eigenvalue weighted by atomic mass is 35.5. The number of fused-ring (bicyclic) bond motifs is 3. The van der Waals surface area contributed by atoms with E-state index < -0.39 is 0 Å². The standard InChI is InChI=1S/C22H25ClN4/c23-18-9-10-20-19(15-18)22(17-7-3-1-4-8-17)24-11-14-27(22)21(25-20)16-26-12-5-2-6-13-26/h1,3-4,7-10,15,24H,2,5-6,11-14,16H2. The SMILES string of the molecule is Clc1ccc2c(c1)C1(c3ccccc3)NCCN1C(CN1CCCCC1)=N2. The van der Waals surface area contributed by atoms with Crippen LogP contribution in [0.25, 0.3) is 0 Å². The first-order chi connectivity index (χ1) is 13.3. The van der Waals surface area contributed by atoms with Crippen molar-refractivity contribution in [2.24, 2.45) is 4.99 Å². The molecule has 3 aliphatic rings. The van der Waals surface area contributed by atoms with Gasteiger partial charge in [0.25, 0.3) is 0 Å². The van der Waals surface area contributed by atoms with Gasteiger partial charge in [-0.3, -0.25) is 10.2 Å². The monoisotopic (exact) mass is 380 g/mol. The predicted molar refractivity (Wildman–Crippen MR) is 111 cm³/mol. The molecule has 3 heterocycles. The van der Waals surface area contributed by atoms with E-state index in [9.17, 15) is 0 Å². The summed E-state index contributed by atoms with van der Waals surface area (Å²) in [5, 5.41) is 4.56. The molecule has 2 fully saturated rings. The van der Waals surface area contributed by atoms with E-state index in [1.54, 1.807) is 0 Å². The minimum absolute atomic E-state index is 0.381. The van der Waals surface area contributed by atoms with Gasteiger partial charge in [0.1, 0.15) is 11.5 Å². The number of hydrogen-bond donors (Lipinski definition) is 1. The normalized spacial score (nSPS) is 25.1. The topological polar surface area (TPSA) is 30.9 Å². The number of nitrogens with zero attached hydrogens (tertiary/aromatic N) is 3. The number of benzene rings is 2. The van der Waals surface area contributed by atoms with E-state index in [0.717, 1.165) is 35.9 Å². The summed E-state index contributed by atoms with van der Waals surface area (Å²) >= 11 is 6.41. The van der Waals surface area contributed by atoms with Gasteiger partial charge in [0.15, 0.2) is 0 Å². The first-order valence-electron chi connectivity index (χ1n) is 9.95. The Balaban J connectivity index is 1.63. The van der Waals surface area contributed by atoms with Crippen molar-refractivity contribution in [3.05, 3.63) is 64.7 Å². The fourth-order valence-electron chi connectivity index (χ4n) is 4.80. The molecule has 0 spiro atoms. The second kappa shape index (κ2) is 6.93. The quantitative estimate of drug-likeness (QED) is 0.873. The van der Waals surface area contributed by atoms with Gasteiger partial charge >= 0.3 is 0 Å². The number of halogens is 1. The van der Waals surface area contributed by atoms with Crippen LogP contribution < -0.4 is 5.32 Å². The second-order valence-corrected chi connectivity index (χ2v) is 8.12. The number of likely N-dealkylation sites (tertiary alicyclic amines) is 1. The highest BCUT2D eigenvalue weighted by molar-refractivity contribution is 6.30. The molecule has 0 aromatic heterocycles. The van der Waals surface area contributed by atoms with E-state index >= 15 is 0 Å². The molecule has 0 bridgehead atoms. The van der Waals surface area contributed by atoms with Crippen LogP contribution in [-0.4, -0.2) is 48.4 Å². The van der Waals surface area contributed by atoms with Gasteiger partial charge in [-0.15, -0.1) is 0 Å². The van der Waals surface area contributed by atoms with Gasteiger partial charge in [0.05, 0.1) is 12.2 Å². The van der Waals surface area contributed by atoms with Crippen LogP contribution in [0.2, 0.25) is 5.02 Å². The molecule has 5 heteroatoms. The van der Waals surface area contributed by atoms with Crippen molar-refractivity contribution in [3.63, 3.8) is 0 Å². The van der Waals surface area contributed by atoms with E-state index in [1.165, 1.54) is 43.8 Å². The molecule has 3 aliphatic heterocycles. The van der Waals surface area contributed by atoms with E-state index in [-0.39, 0.29) is 5.66 Å². The van der Waals surface area contributed by atoms with Crippen LogP contribution in [0, 0.1) is 0 Å². The average Bonchev–Trinajstić information content (AvgIpc) is 3.17. The van der Waals surface area contributed by atoms with E-state index in [4.69, 9.17) is 16.6 Å². The summed E-state index contributed by atoms with van der Waals surface area (Å²) in [5.41, 5.74) is 3.05. The average molecular weight is 381 g/mol. The van der Waals surface area contributed by atoms with Gasteiger partial charge < -0.3 is 4.90 Å². The number of nitrogens with one attached hydrogen (secondary N) is 1. The van der Waals surface area contributed by atoms with Crippen LogP contribution in [0.5, 0.6) is 0 Å². The molecule has 2 aromatic rings. The second-order valence-electron chi connectivity index (χ2n) is 7.68. The maximum absolute atomic E-state index is 6.41. The maximum atomic E-state index is 6.41. The molecule has 1 N–H and O–H groups in total. The van der Waals surface area contributed by atoms with Crippen molar-refractivity contribution in [1.82, 2.24) is 15.1 Å².